The molecule has 0 saturated carbocycles. The van der Waals surface area contributed by atoms with E-state index in [4.69, 9.17) is 5.11 Å². The van der Waals surface area contributed by atoms with E-state index in [1.807, 2.05) is 0 Å². The first-order valence-corrected chi connectivity index (χ1v) is 4.68. The highest BCUT2D eigenvalue weighted by Gasteiger charge is 2.14. The van der Waals surface area contributed by atoms with Crippen molar-refractivity contribution in [3.63, 3.8) is 0 Å². The molecule has 2 rings (SSSR count). The second-order valence-corrected chi connectivity index (χ2v) is 3.54. The van der Waals surface area contributed by atoms with Gasteiger partial charge in [0.05, 0.1) is 11.4 Å². The first-order valence-electron chi connectivity index (χ1n) is 4.68. The van der Waals surface area contributed by atoms with Gasteiger partial charge in [-0.15, -0.1) is 0 Å². The monoisotopic (exact) mass is 205 g/mol. The van der Waals surface area contributed by atoms with Crippen LogP contribution in [0.2, 0.25) is 0 Å². The van der Waals surface area contributed by atoms with Gasteiger partial charge in [-0.1, -0.05) is 6.92 Å². The van der Waals surface area contributed by atoms with Crippen LogP contribution in [0.1, 0.15) is 12.6 Å². The summed E-state index contributed by atoms with van der Waals surface area (Å²) >= 11 is 0. The SMILES string of the molecule is CC(Cc1[nH]nc2ccncc12)C(=O)O. The lowest BCUT2D eigenvalue weighted by atomic mass is 10.0. The number of carboxylic acids is 1. The van der Waals surface area contributed by atoms with Gasteiger partial charge < -0.3 is 5.11 Å². The number of carbonyl (C=O) groups is 1. The minimum absolute atomic E-state index is 0.422. The fourth-order valence-corrected chi connectivity index (χ4v) is 1.45. The third-order valence-electron chi connectivity index (χ3n) is 2.37. The third kappa shape index (κ3) is 1.81. The van der Waals surface area contributed by atoms with Crippen molar-refractivity contribution in [2.75, 3.05) is 0 Å². The van der Waals surface area contributed by atoms with Crippen LogP contribution in [0.15, 0.2) is 18.5 Å². The van der Waals surface area contributed by atoms with Gasteiger partial charge in [-0.25, -0.2) is 0 Å². The number of nitrogens with one attached hydrogen (secondary N) is 1. The Hall–Kier alpha value is -1.91. The normalized spacial score (nSPS) is 12.9. The van der Waals surface area contributed by atoms with Crippen LogP contribution in [0.4, 0.5) is 0 Å². The molecule has 2 aromatic rings. The van der Waals surface area contributed by atoms with E-state index in [1.54, 1.807) is 25.4 Å². The van der Waals surface area contributed by atoms with Crippen LogP contribution in [-0.4, -0.2) is 26.3 Å². The molecule has 2 aromatic heterocycles. The molecule has 0 spiro atoms. The number of fused-ring (bicyclic) bond motifs is 1. The number of pyridine rings is 1. The first-order chi connectivity index (χ1) is 7.18. The predicted octanol–water partition coefficient (Wildman–Crippen LogP) is 1.22. The summed E-state index contributed by atoms with van der Waals surface area (Å²) in [4.78, 5) is 14.7. The molecule has 0 aliphatic rings. The summed E-state index contributed by atoms with van der Waals surface area (Å²) in [6, 6.07) is 1.79. The van der Waals surface area contributed by atoms with Crippen molar-refractivity contribution in [3.05, 3.63) is 24.2 Å². The molecule has 78 valence electrons. The standard InChI is InChI=1S/C10H11N3O2/c1-6(10(14)15)4-9-7-5-11-3-2-8(7)12-13-9/h2-3,5-6H,4H2,1H3,(H,12,13)(H,14,15). The van der Waals surface area contributed by atoms with E-state index in [0.29, 0.717) is 6.42 Å². The van der Waals surface area contributed by atoms with Gasteiger partial charge in [0, 0.05) is 29.9 Å². The van der Waals surface area contributed by atoms with Crippen LogP contribution in [-0.2, 0) is 11.2 Å². The van der Waals surface area contributed by atoms with Crippen molar-refractivity contribution in [2.24, 2.45) is 5.92 Å². The maximum Gasteiger partial charge on any atom is 0.306 e. The molecule has 0 aromatic carbocycles. The number of hydrogen-bond donors (Lipinski definition) is 2. The molecule has 15 heavy (non-hydrogen) atoms. The highest BCUT2D eigenvalue weighted by atomic mass is 16.4. The summed E-state index contributed by atoms with van der Waals surface area (Å²) in [5, 5.41) is 16.6. The summed E-state index contributed by atoms with van der Waals surface area (Å²) in [6.07, 6.45) is 3.80. The summed E-state index contributed by atoms with van der Waals surface area (Å²) < 4.78 is 0. The average Bonchev–Trinajstić information content (AvgIpc) is 2.62. The molecule has 0 aliphatic carbocycles. The van der Waals surface area contributed by atoms with E-state index in [9.17, 15) is 4.79 Å². The average molecular weight is 205 g/mol. The van der Waals surface area contributed by atoms with Crippen molar-refractivity contribution in [1.29, 1.82) is 0 Å². The number of hydrogen-bond acceptors (Lipinski definition) is 3. The molecule has 5 nitrogen and oxygen atoms in total. The highest BCUT2D eigenvalue weighted by molar-refractivity contribution is 5.80. The Kier molecular flexibility index (Phi) is 2.37. The number of rotatable bonds is 3. The molecule has 0 amide bonds. The molecule has 0 saturated heterocycles. The van der Waals surface area contributed by atoms with Crippen molar-refractivity contribution in [1.82, 2.24) is 15.2 Å². The van der Waals surface area contributed by atoms with Crippen LogP contribution in [0.5, 0.6) is 0 Å². The summed E-state index contributed by atoms with van der Waals surface area (Å²) in [6.45, 7) is 1.67. The molecular formula is C10H11N3O2. The van der Waals surface area contributed by atoms with Crippen LogP contribution in [0.25, 0.3) is 10.9 Å². The Bertz CT molecular complexity index is 492. The molecule has 2 heterocycles. The number of nitrogens with zero attached hydrogens (tertiary/aromatic N) is 2. The number of aromatic amines is 1. The molecule has 1 atom stereocenters. The fourth-order valence-electron chi connectivity index (χ4n) is 1.45. The number of carboxylic acid groups (broad SMARTS) is 1. The second-order valence-electron chi connectivity index (χ2n) is 3.54. The van der Waals surface area contributed by atoms with Gasteiger partial charge in [0.25, 0.3) is 0 Å². The van der Waals surface area contributed by atoms with Crippen LogP contribution >= 0.6 is 0 Å². The molecule has 0 radical (unpaired) electrons. The highest BCUT2D eigenvalue weighted by Crippen LogP contribution is 2.17. The number of H-pyrrole nitrogens is 1. The van der Waals surface area contributed by atoms with E-state index in [0.717, 1.165) is 16.6 Å². The van der Waals surface area contributed by atoms with E-state index in [1.165, 1.54) is 0 Å². The summed E-state index contributed by atoms with van der Waals surface area (Å²) in [5.41, 5.74) is 1.64. The molecule has 2 N–H and O–H groups in total. The summed E-state index contributed by atoms with van der Waals surface area (Å²) in [5.74, 6) is -1.23. The van der Waals surface area contributed by atoms with Crippen molar-refractivity contribution >= 4 is 16.9 Å². The zero-order valence-electron chi connectivity index (χ0n) is 8.27. The molecule has 0 aliphatic heterocycles. The quantitative estimate of drug-likeness (QED) is 0.789. The lowest BCUT2D eigenvalue weighted by molar-refractivity contribution is -0.141. The van der Waals surface area contributed by atoms with Gasteiger partial charge >= 0.3 is 5.97 Å². The van der Waals surface area contributed by atoms with Crippen LogP contribution < -0.4 is 0 Å². The number of aliphatic carboxylic acids is 1. The zero-order chi connectivity index (χ0) is 10.8. The van der Waals surface area contributed by atoms with Gasteiger partial charge in [-0.3, -0.25) is 14.9 Å². The Morgan fingerprint density at radius 1 is 1.67 bits per heavy atom. The summed E-state index contributed by atoms with van der Waals surface area (Å²) in [7, 11) is 0. The van der Waals surface area contributed by atoms with E-state index >= 15 is 0 Å². The minimum Gasteiger partial charge on any atom is -0.481 e. The van der Waals surface area contributed by atoms with Gasteiger partial charge in [0.1, 0.15) is 0 Å². The Balaban J connectivity index is 2.32. The molecule has 0 fully saturated rings. The number of aromatic nitrogens is 3. The largest absolute Gasteiger partial charge is 0.481 e. The van der Waals surface area contributed by atoms with Crippen LogP contribution in [0, 0.1) is 5.92 Å². The second kappa shape index (κ2) is 3.68. The Morgan fingerprint density at radius 2 is 2.47 bits per heavy atom. The smallest absolute Gasteiger partial charge is 0.306 e. The fraction of sp³-hybridized carbons (Fsp3) is 0.300. The van der Waals surface area contributed by atoms with Crippen molar-refractivity contribution in [2.45, 2.75) is 13.3 Å². The Morgan fingerprint density at radius 3 is 3.20 bits per heavy atom. The minimum atomic E-state index is -0.804. The van der Waals surface area contributed by atoms with E-state index in [2.05, 4.69) is 15.2 Å². The van der Waals surface area contributed by atoms with Gasteiger partial charge in [0.15, 0.2) is 0 Å². The molecule has 5 heteroatoms. The lowest BCUT2D eigenvalue weighted by Gasteiger charge is -2.03. The molecule has 0 bridgehead atoms. The van der Waals surface area contributed by atoms with Crippen molar-refractivity contribution < 1.29 is 9.90 Å². The predicted molar refractivity (Wildman–Crippen MR) is 54.4 cm³/mol. The maximum atomic E-state index is 10.7. The molecular weight excluding hydrogens is 194 g/mol. The zero-order valence-corrected chi connectivity index (χ0v) is 8.27. The van der Waals surface area contributed by atoms with E-state index in [-0.39, 0.29) is 0 Å². The lowest BCUT2D eigenvalue weighted by Crippen LogP contribution is -2.12. The van der Waals surface area contributed by atoms with E-state index < -0.39 is 11.9 Å². The van der Waals surface area contributed by atoms with Crippen molar-refractivity contribution in [3.8, 4) is 0 Å². The third-order valence-corrected chi connectivity index (χ3v) is 2.37. The van der Waals surface area contributed by atoms with Gasteiger partial charge in [0.2, 0.25) is 0 Å². The van der Waals surface area contributed by atoms with Crippen LogP contribution in [0.3, 0.4) is 0 Å². The topological polar surface area (TPSA) is 78.9 Å². The molecule has 1 unspecified atom stereocenters. The maximum absolute atomic E-state index is 10.7. The Labute approximate surface area is 86.1 Å². The first kappa shape index (κ1) is 9.64. The van der Waals surface area contributed by atoms with Gasteiger partial charge in [-0.05, 0) is 6.07 Å². The van der Waals surface area contributed by atoms with Gasteiger partial charge in [-0.2, -0.15) is 5.10 Å².